The van der Waals surface area contributed by atoms with Crippen LogP contribution >= 0.6 is 28.7 Å². The number of carbonyl (C=O) groups excluding carboxylic acids is 4. The molecule has 5 rings (SSSR count). The predicted molar refractivity (Wildman–Crippen MR) is 199 cm³/mol. The summed E-state index contributed by atoms with van der Waals surface area (Å²) in [6.07, 6.45) is 2.26. The van der Waals surface area contributed by atoms with Crippen LogP contribution in [0.2, 0.25) is 0 Å². The number of rotatable bonds is 13. The molecule has 4 amide bonds. The zero-order valence-electron chi connectivity index (χ0n) is 28.8. The molecule has 0 bridgehead atoms. The Labute approximate surface area is 328 Å². The molecule has 2 unspecified atom stereocenters. The highest BCUT2D eigenvalue weighted by molar-refractivity contribution is 8.93. The van der Waals surface area contributed by atoms with Crippen LogP contribution in [-0.4, -0.2) is 71.0 Å². The second-order valence-corrected chi connectivity index (χ2v) is 12.9. The fraction of sp³-hybridized carbons (Fsp3) is 0.194. The van der Waals surface area contributed by atoms with Crippen molar-refractivity contribution in [3.8, 4) is 17.2 Å². The van der Waals surface area contributed by atoms with Crippen molar-refractivity contribution < 1.29 is 60.9 Å². The lowest BCUT2D eigenvalue weighted by atomic mass is 9.80. The molecule has 0 aliphatic carbocycles. The second-order valence-electron chi connectivity index (χ2n) is 11.9. The number of aromatic hydroxyl groups is 1. The van der Waals surface area contributed by atoms with Gasteiger partial charge in [0.2, 0.25) is 23.5 Å². The fourth-order valence-electron chi connectivity index (χ4n) is 5.65. The van der Waals surface area contributed by atoms with E-state index in [1.165, 1.54) is 60.3 Å². The number of nitrogens with two attached hydrogens (primary N) is 1. The van der Waals surface area contributed by atoms with E-state index in [1.54, 1.807) is 0 Å². The number of carbonyl (C=O) groups is 5. The SMILES string of the molecule is Br.CSCCC(N)C(=O)NCC(=O)NCC(=O)Nc1ccc2c(c1)Oc1cc(NC(=O)c3c(F)c(F)c(F)c(F)c3F)ccc1C2c1cccc(O)c1C(=O)O. The van der Waals surface area contributed by atoms with Crippen molar-refractivity contribution in [3.05, 3.63) is 112 Å². The molecular weight excluding hydrogens is 837 g/mol. The zero-order valence-corrected chi connectivity index (χ0v) is 31.3. The van der Waals surface area contributed by atoms with E-state index in [2.05, 4.69) is 21.3 Å². The predicted octanol–water partition coefficient (Wildman–Crippen LogP) is 5.15. The lowest BCUT2D eigenvalue weighted by molar-refractivity contribution is -0.127. The summed E-state index contributed by atoms with van der Waals surface area (Å²) in [6.45, 7) is -0.933. The number of hydrogen-bond acceptors (Lipinski definition) is 9. The molecule has 4 aromatic carbocycles. The summed E-state index contributed by atoms with van der Waals surface area (Å²) in [7, 11) is 0. The Hall–Kier alpha value is -5.73. The smallest absolute Gasteiger partial charge is 0.339 e. The molecule has 20 heteroatoms. The van der Waals surface area contributed by atoms with Gasteiger partial charge in [0.25, 0.3) is 5.91 Å². The fourth-order valence-corrected chi connectivity index (χ4v) is 6.14. The number of fused-ring (bicyclic) bond motifs is 2. The second kappa shape index (κ2) is 18.3. The topological polar surface area (TPSA) is 209 Å². The number of benzene rings is 4. The molecule has 0 saturated heterocycles. The van der Waals surface area contributed by atoms with E-state index in [0.717, 1.165) is 6.07 Å². The van der Waals surface area contributed by atoms with E-state index in [1.807, 2.05) is 6.26 Å². The van der Waals surface area contributed by atoms with E-state index < -0.39 is 101 Å². The van der Waals surface area contributed by atoms with Gasteiger partial charge >= 0.3 is 5.97 Å². The Morgan fingerprint density at radius 1 is 0.768 bits per heavy atom. The minimum absolute atomic E-state index is 0. The molecule has 0 fully saturated rings. The van der Waals surface area contributed by atoms with Gasteiger partial charge in [-0.15, -0.1) is 17.0 Å². The number of thioether (sulfide) groups is 1. The average Bonchev–Trinajstić information content (AvgIpc) is 3.15. The van der Waals surface area contributed by atoms with Crippen LogP contribution in [0.4, 0.5) is 33.3 Å². The number of ether oxygens (including phenoxy) is 1. The van der Waals surface area contributed by atoms with Crippen LogP contribution in [0, 0.1) is 29.1 Å². The van der Waals surface area contributed by atoms with E-state index in [9.17, 15) is 56.1 Å². The van der Waals surface area contributed by atoms with Crippen molar-refractivity contribution in [3.63, 3.8) is 0 Å². The molecule has 1 aliphatic rings. The monoisotopic (exact) mass is 867 g/mol. The number of hydrogen-bond donors (Lipinski definition) is 7. The quantitative estimate of drug-likeness (QED) is 0.0470. The summed E-state index contributed by atoms with van der Waals surface area (Å²) in [4.78, 5) is 62.1. The number of carboxylic acid groups (broad SMARTS) is 1. The maximum atomic E-state index is 14.4. The first-order chi connectivity index (χ1) is 26.1. The third kappa shape index (κ3) is 9.20. The van der Waals surface area contributed by atoms with Gasteiger partial charge in [-0.05, 0) is 42.2 Å². The number of carboxylic acids is 1. The maximum absolute atomic E-state index is 14.4. The summed E-state index contributed by atoms with van der Waals surface area (Å²) in [5, 5.41) is 29.8. The molecule has 1 heterocycles. The van der Waals surface area contributed by atoms with Crippen LogP contribution in [0.5, 0.6) is 17.2 Å². The molecule has 2 atom stereocenters. The van der Waals surface area contributed by atoms with E-state index in [-0.39, 0.29) is 51.0 Å². The van der Waals surface area contributed by atoms with Gasteiger partial charge in [-0.2, -0.15) is 11.8 Å². The van der Waals surface area contributed by atoms with Gasteiger partial charge in [-0.1, -0.05) is 24.3 Å². The molecule has 296 valence electrons. The van der Waals surface area contributed by atoms with E-state index in [4.69, 9.17) is 10.5 Å². The van der Waals surface area contributed by atoms with E-state index >= 15 is 0 Å². The van der Waals surface area contributed by atoms with Gasteiger partial charge in [-0.25, -0.2) is 26.7 Å². The lowest BCUT2D eigenvalue weighted by Crippen LogP contribution is -2.46. The van der Waals surface area contributed by atoms with Crippen LogP contribution in [0.3, 0.4) is 0 Å². The van der Waals surface area contributed by atoms with Crippen molar-refractivity contribution in [2.45, 2.75) is 18.4 Å². The Balaban J connectivity index is 0.00000696. The Bertz CT molecular complexity index is 2200. The lowest BCUT2D eigenvalue weighted by Gasteiger charge is -2.30. The molecule has 1 aliphatic heterocycles. The van der Waals surface area contributed by atoms with Crippen molar-refractivity contribution in [2.75, 3.05) is 35.7 Å². The molecule has 0 spiro atoms. The number of halogens is 6. The third-order valence-corrected chi connectivity index (χ3v) is 8.93. The van der Waals surface area contributed by atoms with Crippen LogP contribution in [-0.2, 0) is 14.4 Å². The van der Waals surface area contributed by atoms with Crippen molar-refractivity contribution >= 4 is 69.7 Å². The maximum Gasteiger partial charge on any atom is 0.339 e. The minimum Gasteiger partial charge on any atom is -0.507 e. The molecule has 0 saturated carbocycles. The summed E-state index contributed by atoms with van der Waals surface area (Å²) in [5.74, 6) is -17.8. The first-order valence-electron chi connectivity index (χ1n) is 16.0. The van der Waals surface area contributed by atoms with Gasteiger partial charge < -0.3 is 42.0 Å². The van der Waals surface area contributed by atoms with Crippen LogP contribution < -0.4 is 31.7 Å². The zero-order chi connectivity index (χ0) is 40.1. The third-order valence-electron chi connectivity index (χ3n) is 8.29. The summed E-state index contributed by atoms with van der Waals surface area (Å²) < 4.78 is 76.0. The van der Waals surface area contributed by atoms with Crippen LogP contribution in [0.15, 0.2) is 54.6 Å². The Kier molecular flexibility index (Phi) is 14.0. The molecule has 0 aromatic heterocycles. The Morgan fingerprint density at radius 3 is 1.89 bits per heavy atom. The molecule has 8 N–H and O–H groups in total. The highest BCUT2D eigenvalue weighted by Gasteiger charge is 2.34. The summed E-state index contributed by atoms with van der Waals surface area (Å²) in [6, 6.07) is 11.2. The Morgan fingerprint density at radius 2 is 1.32 bits per heavy atom. The van der Waals surface area contributed by atoms with Crippen LogP contribution in [0.25, 0.3) is 0 Å². The van der Waals surface area contributed by atoms with Gasteiger partial charge in [0, 0.05) is 40.6 Å². The van der Waals surface area contributed by atoms with Gasteiger partial charge in [0.15, 0.2) is 23.3 Å². The summed E-state index contributed by atoms with van der Waals surface area (Å²) in [5.41, 5.74) is 4.18. The van der Waals surface area contributed by atoms with Crippen molar-refractivity contribution in [1.82, 2.24) is 10.6 Å². The molecule has 56 heavy (non-hydrogen) atoms. The number of nitrogens with one attached hydrogen (secondary N) is 4. The van der Waals surface area contributed by atoms with Gasteiger partial charge in [0.1, 0.15) is 28.4 Å². The molecule has 4 aromatic rings. The highest BCUT2D eigenvalue weighted by atomic mass is 79.9. The largest absolute Gasteiger partial charge is 0.507 e. The van der Waals surface area contributed by atoms with Crippen molar-refractivity contribution in [2.24, 2.45) is 5.73 Å². The highest BCUT2D eigenvalue weighted by Crippen LogP contribution is 2.50. The number of anilines is 2. The average molecular weight is 869 g/mol. The molecular formula is C36H31BrF5N5O8S. The van der Waals surface area contributed by atoms with E-state index in [0.29, 0.717) is 17.7 Å². The molecule has 0 radical (unpaired) electrons. The first-order valence-corrected chi connectivity index (χ1v) is 17.4. The van der Waals surface area contributed by atoms with Gasteiger partial charge in [-0.3, -0.25) is 19.2 Å². The van der Waals surface area contributed by atoms with Crippen LogP contribution in [0.1, 0.15) is 49.7 Å². The molecule has 13 nitrogen and oxygen atoms in total. The minimum atomic E-state index is -2.45. The number of aromatic carboxylic acids is 1. The van der Waals surface area contributed by atoms with Crippen molar-refractivity contribution in [1.29, 1.82) is 0 Å². The normalized spacial score (nSPS) is 13.2. The van der Waals surface area contributed by atoms with Gasteiger partial charge in [0.05, 0.1) is 19.1 Å². The summed E-state index contributed by atoms with van der Waals surface area (Å²) >= 11 is 1.51. The first kappa shape index (κ1) is 43.0. The standard InChI is InChI=1S/C36H30F5N5O8S.BrH/c1-55-10-9-20(42)34(50)44-13-24(48)43-14-25(49)45-15-5-7-17-22(11-15)54-23-12-16(46-35(51)28-29(37)31(39)33(41)32(40)30(28)38)6-8-18(23)26(17)19-3-2-4-21(47)27(19)36(52)53;/h2-8,11-12,20,26,47H,9-10,13-14,42H2,1H3,(H,43,48)(H,44,50)(H,45,49)(H,46,51)(H,52,53);1H. The number of amides is 4. The number of phenols is 1.